The molecule has 27 heavy (non-hydrogen) atoms. The molecule has 0 spiro atoms. The summed E-state index contributed by atoms with van der Waals surface area (Å²) in [5, 5.41) is 24.4. The van der Waals surface area contributed by atoms with Crippen LogP contribution in [0.3, 0.4) is 0 Å². The van der Waals surface area contributed by atoms with E-state index in [1.165, 1.54) is 0 Å². The van der Waals surface area contributed by atoms with E-state index in [0.717, 1.165) is 11.5 Å². The second-order valence-electron chi connectivity index (χ2n) is 8.32. The first-order valence-electron chi connectivity index (χ1n) is 9.33. The number of nitrogens with zero attached hydrogens (tertiary/aromatic N) is 4. The van der Waals surface area contributed by atoms with Crippen LogP contribution >= 0.6 is 0 Å². The van der Waals surface area contributed by atoms with Gasteiger partial charge in [0.15, 0.2) is 5.54 Å². The van der Waals surface area contributed by atoms with Crippen molar-refractivity contribution in [3.63, 3.8) is 0 Å². The monoisotopic (exact) mass is 372 g/mol. The number of aliphatic carboxylic acids is 1. The Morgan fingerprint density at radius 3 is 2.41 bits per heavy atom. The topological polar surface area (TPSA) is 91.5 Å². The number of anilines is 1. The molecule has 0 bridgehead atoms. The summed E-state index contributed by atoms with van der Waals surface area (Å²) in [6.07, 6.45) is 2.03. The number of carboxylic acids is 1. The molecule has 146 valence electrons. The predicted octanol–water partition coefficient (Wildman–Crippen LogP) is 2.71. The van der Waals surface area contributed by atoms with E-state index in [2.05, 4.69) is 35.8 Å². The third-order valence-corrected chi connectivity index (χ3v) is 5.29. The van der Waals surface area contributed by atoms with Gasteiger partial charge in [-0.3, -0.25) is 4.68 Å². The smallest absolute Gasteiger partial charge is 0.331 e. The van der Waals surface area contributed by atoms with Gasteiger partial charge < -0.3 is 15.1 Å². The van der Waals surface area contributed by atoms with Gasteiger partial charge >= 0.3 is 5.97 Å². The number of hydrogen-bond acceptors (Lipinski definition) is 5. The third kappa shape index (κ3) is 3.69. The molecule has 1 fully saturated rings. The molecule has 2 aromatic heterocycles. The Bertz CT molecular complexity index is 815. The first-order chi connectivity index (χ1) is 12.6. The van der Waals surface area contributed by atoms with Crippen molar-refractivity contribution in [2.45, 2.75) is 57.6 Å². The van der Waals surface area contributed by atoms with E-state index >= 15 is 0 Å². The lowest BCUT2D eigenvalue weighted by Gasteiger charge is -2.39. The second-order valence-corrected chi connectivity index (χ2v) is 8.32. The van der Waals surface area contributed by atoms with Crippen LogP contribution in [0.2, 0.25) is 0 Å². The van der Waals surface area contributed by atoms with Crippen LogP contribution in [0.5, 0.6) is 0 Å². The van der Waals surface area contributed by atoms with Gasteiger partial charge in [-0.15, -0.1) is 0 Å². The minimum atomic E-state index is -1.04. The number of aliphatic hydroxyl groups excluding tert-OH is 1. The highest BCUT2D eigenvalue weighted by Gasteiger charge is 2.44. The van der Waals surface area contributed by atoms with Crippen LogP contribution in [0.1, 0.15) is 58.0 Å². The maximum absolute atomic E-state index is 12.2. The number of carbonyl (C=O) groups is 1. The molecule has 1 saturated heterocycles. The van der Waals surface area contributed by atoms with Gasteiger partial charge in [0.25, 0.3) is 0 Å². The van der Waals surface area contributed by atoms with E-state index in [4.69, 9.17) is 0 Å². The highest BCUT2D eigenvalue weighted by molar-refractivity contribution is 5.77. The maximum Gasteiger partial charge on any atom is 0.331 e. The van der Waals surface area contributed by atoms with Crippen molar-refractivity contribution in [1.29, 1.82) is 0 Å². The van der Waals surface area contributed by atoms with Crippen molar-refractivity contribution in [2.24, 2.45) is 0 Å². The molecule has 3 heterocycles. The maximum atomic E-state index is 12.2. The summed E-state index contributed by atoms with van der Waals surface area (Å²) in [6, 6.07) is 7.46. The first kappa shape index (κ1) is 19.4. The van der Waals surface area contributed by atoms with E-state index in [-0.39, 0.29) is 5.41 Å². The van der Waals surface area contributed by atoms with E-state index in [0.29, 0.717) is 31.6 Å². The number of piperidine rings is 1. The molecule has 0 unspecified atom stereocenters. The molecule has 1 aliphatic rings. The fourth-order valence-corrected chi connectivity index (χ4v) is 3.46. The Hall–Kier alpha value is -2.41. The average molecular weight is 372 g/mol. The van der Waals surface area contributed by atoms with Gasteiger partial charge in [0.2, 0.25) is 0 Å². The van der Waals surface area contributed by atoms with Crippen LogP contribution in [0.15, 0.2) is 30.5 Å². The van der Waals surface area contributed by atoms with Crippen molar-refractivity contribution in [3.8, 4) is 0 Å². The molecule has 3 rings (SSSR count). The van der Waals surface area contributed by atoms with Crippen LogP contribution in [0.25, 0.3) is 0 Å². The fourth-order valence-electron chi connectivity index (χ4n) is 3.46. The number of aliphatic hydroxyl groups is 1. The Labute approximate surface area is 159 Å². The van der Waals surface area contributed by atoms with Crippen LogP contribution in [0.4, 0.5) is 5.82 Å². The number of aromatic nitrogens is 3. The Balaban J connectivity index is 1.83. The van der Waals surface area contributed by atoms with E-state index in [1.807, 2.05) is 18.2 Å². The Morgan fingerprint density at radius 2 is 1.89 bits per heavy atom. The molecular weight excluding hydrogens is 344 g/mol. The minimum Gasteiger partial charge on any atom is -0.479 e. The summed E-state index contributed by atoms with van der Waals surface area (Å²) in [5.41, 5.74) is 0.333. The summed E-state index contributed by atoms with van der Waals surface area (Å²) in [7, 11) is 0. The summed E-state index contributed by atoms with van der Waals surface area (Å²) < 4.78 is 1.63. The molecule has 0 aliphatic carbocycles. The van der Waals surface area contributed by atoms with Crippen molar-refractivity contribution in [1.82, 2.24) is 14.8 Å². The molecule has 0 amide bonds. The molecule has 2 aromatic rings. The predicted molar refractivity (Wildman–Crippen MR) is 103 cm³/mol. The molecular formula is C20H28N4O3. The number of carboxylic acid groups (broad SMARTS) is 1. The van der Waals surface area contributed by atoms with Gasteiger partial charge in [-0.2, -0.15) is 5.10 Å². The lowest BCUT2D eigenvalue weighted by atomic mass is 9.87. The standard InChI is InChI=1S/C20H28N4O3/c1-14(25)15-6-5-7-17(21-15)23-12-9-20(10-13-23,18(26)27)24-11-8-16(22-24)19(2,3)4/h5-8,11,14,25H,9-10,12-13H2,1-4H3,(H,26,27)/t14-/m1/s1. The van der Waals surface area contributed by atoms with Gasteiger partial charge in [0.05, 0.1) is 17.5 Å². The van der Waals surface area contributed by atoms with Gasteiger partial charge in [-0.05, 0) is 25.1 Å². The molecule has 0 saturated carbocycles. The minimum absolute atomic E-state index is 0.128. The summed E-state index contributed by atoms with van der Waals surface area (Å²) >= 11 is 0. The van der Waals surface area contributed by atoms with Gasteiger partial charge in [-0.25, -0.2) is 9.78 Å². The molecule has 1 aliphatic heterocycles. The summed E-state index contributed by atoms with van der Waals surface area (Å²) in [4.78, 5) is 18.8. The molecule has 0 aromatic carbocycles. The zero-order valence-electron chi connectivity index (χ0n) is 16.4. The lowest BCUT2D eigenvalue weighted by molar-refractivity contribution is -0.149. The van der Waals surface area contributed by atoms with E-state index < -0.39 is 17.6 Å². The number of pyridine rings is 1. The summed E-state index contributed by atoms with van der Waals surface area (Å²) in [5.74, 6) is -0.0837. The zero-order chi connectivity index (χ0) is 19.8. The molecule has 1 atom stereocenters. The van der Waals surface area contributed by atoms with Crippen LogP contribution < -0.4 is 4.90 Å². The van der Waals surface area contributed by atoms with Crippen LogP contribution in [0, 0.1) is 0 Å². The van der Waals surface area contributed by atoms with Crippen LogP contribution in [-0.2, 0) is 15.7 Å². The number of hydrogen-bond donors (Lipinski definition) is 2. The summed E-state index contributed by atoms with van der Waals surface area (Å²) in [6.45, 7) is 9.01. The van der Waals surface area contributed by atoms with E-state index in [1.54, 1.807) is 23.9 Å². The third-order valence-electron chi connectivity index (χ3n) is 5.29. The second kappa shape index (κ2) is 6.96. The molecule has 7 nitrogen and oxygen atoms in total. The SMILES string of the molecule is C[C@@H](O)c1cccc(N2CCC(C(=O)O)(n3ccc(C(C)(C)C)n3)CC2)n1. The highest BCUT2D eigenvalue weighted by Crippen LogP contribution is 2.33. The highest BCUT2D eigenvalue weighted by atomic mass is 16.4. The molecule has 7 heteroatoms. The molecule has 2 N–H and O–H groups in total. The quantitative estimate of drug-likeness (QED) is 0.857. The van der Waals surface area contributed by atoms with Crippen molar-refractivity contribution in [2.75, 3.05) is 18.0 Å². The van der Waals surface area contributed by atoms with E-state index in [9.17, 15) is 15.0 Å². The Kier molecular flexibility index (Phi) is 4.99. The molecule has 0 radical (unpaired) electrons. The lowest BCUT2D eigenvalue weighted by Crippen LogP contribution is -2.51. The normalized spacial score (nSPS) is 18.3. The number of rotatable bonds is 4. The van der Waals surface area contributed by atoms with Crippen molar-refractivity contribution in [3.05, 3.63) is 41.9 Å². The van der Waals surface area contributed by atoms with Gasteiger partial charge in [0, 0.05) is 37.5 Å². The Morgan fingerprint density at radius 1 is 1.22 bits per heavy atom. The van der Waals surface area contributed by atoms with Crippen molar-refractivity contribution < 1.29 is 15.0 Å². The largest absolute Gasteiger partial charge is 0.479 e. The zero-order valence-corrected chi connectivity index (χ0v) is 16.4. The van der Waals surface area contributed by atoms with Crippen LogP contribution in [-0.4, -0.2) is 44.0 Å². The van der Waals surface area contributed by atoms with Crippen molar-refractivity contribution >= 4 is 11.8 Å². The fraction of sp³-hybridized carbons (Fsp3) is 0.550. The van der Waals surface area contributed by atoms with Gasteiger partial charge in [-0.1, -0.05) is 26.8 Å². The first-order valence-corrected chi connectivity index (χ1v) is 9.33. The average Bonchev–Trinajstić information content (AvgIpc) is 3.12. The van der Waals surface area contributed by atoms with Gasteiger partial charge in [0.1, 0.15) is 5.82 Å².